The van der Waals surface area contributed by atoms with Gasteiger partial charge in [-0.1, -0.05) is 30.0 Å². The summed E-state index contributed by atoms with van der Waals surface area (Å²) in [4.78, 5) is 32.4. The van der Waals surface area contributed by atoms with Gasteiger partial charge in [0.15, 0.2) is 0 Å². The molecule has 6 nitrogen and oxygen atoms in total. The van der Waals surface area contributed by atoms with Gasteiger partial charge >= 0.3 is 6.18 Å². The summed E-state index contributed by atoms with van der Waals surface area (Å²) in [6.45, 7) is -0.0891. The number of aromatic nitrogens is 2. The molecule has 0 bridgehead atoms. The van der Waals surface area contributed by atoms with Crippen LogP contribution in [-0.4, -0.2) is 52.1 Å². The lowest BCUT2D eigenvalue weighted by atomic mass is 10.2. The molecule has 1 heterocycles. The number of amides is 2. The molecule has 0 saturated heterocycles. The molecule has 1 aliphatic carbocycles. The molecule has 0 radical (unpaired) electrons. The number of halogens is 3. The molecule has 1 saturated carbocycles. The van der Waals surface area contributed by atoms with Gasteiger partial charge in [0.2, 0.25) is 17.6 Å². The Morgan fingerprint density at radius 3 is 2.63 bits per heavy atom. The first kappa shape index (κ1) is 19.4. The molecule has 1 aromatic carbocycles. The minimum Gasteiger partial charge on any atom is -0.352 e. The topological polar surface area (TPSA) is 75.2 Å². The number of nitrogens with zero attached hydrogens (tertiary/aromatic N) is 3. The third-order valence-electron chi connectivity index (χ3n) is 3.90. The average Bonchev–Trinajstić information content (AvgIpc) is 3.41. The number of rotatable bonds is 6. The third-order valence-corrected chi connectivity index (χ3v) is 4.88. The Labute approximate surface area is 157 Å². The Morgan fingerprint density at radius 2 is 1.96 bits per heavy atom. The van der Waals surface area contributed by atoms with Crippen LogP contribution in [-0.2, 0) is 15.8 Å². The molecule has 1 aliphatic rings. The van der Waals surface area contributed by atoms with Crippen molar-refractivity contribution in [3.63, 3.8) is 0 Å². The Hall–Kier alpha value is -2.36. The van der Waals surface area contributed by atoms with Crippen molar-refractivity contribution in [1.29, 1.82) is 0 Å². The van der Waals surface area contributed by atoms with Crippen molar-refractivity contribution < 1.29 is 22.8 Å². The predicted molar refractivity (Wildman–Crippen MR) is 94.1 cm³/mol. The molecule has 2 aromatic rings. The van der Waals surface area contributed by atoms with Gasteiger partial charge in [-0.15, -0.1) is 0 Å². The van der Waals surface area contributed by atoms with E-state index < -0.39 is 12.0 Å². The molecule has 0 spiro atoms. The number of thioether (sulfide) groups is 1. The average molecular weight is 398 g/mol. The zero-order valence-electron chi connectivity index (χ0n) is 14.4. The Balaban J connectivity index is 1.69. The second-order valence-corrected chi connectivity index (χ2v) is 7.21. The van der Waals surface area contributed by atoms with Gasteiger partial charge in [0.05, 0.1) is 17.8 Å². The van der Waals surface area contributed by atoms with E-state index in [9.17, 15) is 22.8 Å². The minimum absolute atomic E-state index is 0.0807. The first-order chi connectivity index (χ1) is 12.7. The molecule has 27 heavy (non-hydrogen) atoms. The molecule has 0 unspecified atom stereocenters. The van der Waals surface area contributed by atoms with Crippen LogP contribution in [0.15, 0.2) is 29.3 Å². The van der Waals surface area contributed by atoms with Gasteiger partial charge in [-0.25, -0.2) is 9.97 Å². The number of benzene rings is 1. The number of likely N-dealkylation sites (N-methyl/N-ethyl adjacent to an activating group) is 1. The highest BCUT2D eigenvalue weighted by Crippen LogP contribution is 2.32. The van der Waals surface area contributed by atoms with Crippen LogP contribution in [0.5, 0.6) is 0 Å². The van der Waals surface area contributed by atoms with E-state index in [1.54, 1.807) is 18.2 Å². The molecular formula is C17H17F3N4O2S. The molecule has 0 aliphatic heterocycles. The smallest absolute Gasteiger partial charge is 0.352 e. The maximum Gasteiger partial charge on any atom is 0.451 e. The zero-order valence-corrected chi connectivity index (χ0v) is 15.2. The second kappa shape index (κ2) is 7.71. The summed E-state index contributed by atoms with van der Waals surface area (Å²) >= 11 is 0.896. The van der Waals surface area contributed by atoms with Crippen LogP contribution in [0.2, 0.25) is 0 Å². The summed E-state index contributed by atoms with van der Waals surface area (Å²) in [6, 6.07) is 6.52. The van der Waals surface area contributed by atoms with Gasteiger partial charge in [0.25, 0.3) is 0 Å². The summed E-state index contributed by atoms with van der Waals surface area (Å²) < 4.78 is 39.1. The lowest BCUT2D eigenvalue weighted by Crippen LogP contribution is -2.39. The molecule has 10 heteroatoms. The lowest BCUT2D eigenvalue weighted by Gasteiger charge is -2.17. The van der Waals surface area contributed by atoms with Crippen LogP contribution in [0.4, 0.5) is 13.2 Å². The molecule has 144 valence electrons. The van der Waals surface area contributed by atoms with E-state index in [0.717, 1.165) is 24.6 Å². The molecule has 2 amide bonds. The van der Waals surface area contributed by atoms with Crippen LogP contribution >= 0.6 is 11.8 Å². The van der Waals surface area contributed by atoms with Crippen molar-refractivity contribution >= 4 is 34.5 Å². The van der Waals surface area contributed by atoms with Crippen molar-refractivity contribution in [2.75, 3.05) is 19.3 Å². The van der Waals surface area contributed by atoms with Gasteiger partial charge in [-0.3, -0.25) is 9.59 Å². The van der Waals surface area contributed by atoms with E-state index in [2.05, 4.69) is 15.3 Å². The fourth-order valence-corrected chi connectivity index (χ4v) is 3.29. The van der Waals surface area contributed by atoms with Crippen molar-refractivity contribution in [3.8, 4) is 0 Å². The molecule has 3 rings (SSSR count). The fourth-order valence-electron chi connectivity index (χ4n) is 2.33. The van der Waals surface area contributed by atoms with E-state index >= 15 is 0 Å². The summed E-state index contributed by atoms with van der Waals surface area (Å²) in [6.07, 6.45) is -2.79. The van der Waals surface area contributed by atoms with Crippen molar-refractivity contribution in [2.45, 2.75) is 30.1 Å². The maximum atomic E-state index is 13.0. The standard InChI is InChI=1S/C17H17F3N4O2S/c1-24(8-13(25)21-10-6-7-10)14(26)9-27-15-11-4-2-3-5-12(11)22-16(23-15)17(18,19)20/h2-5,10H,6-9H2,1H3,(H,21,25). The summed E-state index contributed by atoms with van der Waals surface area (Å²) in [5.74, 6) is -1.99. The van der Waals surface area contributed by atoms with E-state index in [1.807, 2.05) is 0 Å². The zero-order chi connectivity index (χ0) is 19.6. The van der Waals surface area contributed by atoms with E-state index in [4.69, 9.17) is 0 Å². The van der Waals surface area contributed by atoms with Crippen molar-refractivity contribution in [2.24, 2.45) is 0 Å². The van der Waals surface area contributed by atoms with E-state index in [1.165, 1.54) is 18.0 Å². The molecular weight excluding hydrogens is 381 g/mol. The fraction of sp³-hybridized carbons (Fsp3) is 0.412. The summed E-state index contributed by atoms with van der Waals surface area (Å²) in [5.41, 5.74) is 0.159. The highest BCUT2D eigenvalue weighted by molar-refractivity contribution is 8.00. The first-order valence-electron chi connectivity index (χ1n) is 8.24. The van der Waals surface area contributed by atoms with Crippen molar-refractivity contribution in [1.82, 2.24) is 20.2 Å². The van der Waals surface area contributed by atoms with Crippen LogP contribution in [0.3, 0.4) is 0 Å². The van der Waals surface area contributed by atoms with Crippen LogP contribution in [0, 0.1) is 0 Å². The molecule has 1 N–H and O–H groups in total. The van der Waals surface area contributed by atoms with Gasteiger partial charge in [0.1, 0.15) is 5.03 Å². The predicted octanol–water partition coefficient (Wildman–Crippen LogP) is 2.48. The summed E-state index contributed by atoms with van der Waals surface area (Å²) in [5, 5.41) is 3.30. The van der Waals surface area contributed by atoms with Gasteiger partial charge in [-0.05, 0) is 18.9 Å². The normalized spacial score (nSPS) is 14.2. The molecule has 1 aromatic heterocycles. The van der Waals surface area contributed by atoms with Crippen LogP contribution in [0.25, 0.3) is 10.9 Å². The number of fused-ring (bicyclic) bond motifs is 1. The Bertz CT molecular complexity index is 871. The third kappa shape index (κ3) is 5.09. The first-order valence-corrected chi connectivity index (χ1v) is 9.22. The number of nitrogens with one attached hydrogen (secondary N) is 1. The highest BCUT2D eigenvalue weighted by Gasteiger charge is 2.35. The van der Waals surface area contributed by atoms with E-state index in [-0.39, 0.29) is 40.7 Å². The van der Waals surface area contributed by atoms with Crippen molar-refractivity contribution in [3.05, 3.63) is 30.1 Å². The van der Waals surface area contributed by atoms with Gasteiger partial charge < -0.3 is 10.2 Å². The number of hydrogen-bond acceptors (Lipinski definition) is 5. The number of carbonyl (C=O) groups excluding carboxylic acids is 2. The monoisotopic (exact) mass is 398 g/mol. The Kier molecular flexibility index (Phi) is 5.54. The SMILES string of the molecule is CN(CC(=O)NC1CC1)C(=O)CSc1nc(C(F)(F)F)nc2ccccc12. The lowest BCUT2D eigenvalue weighted by molar-refractivity contribution is -0.145. The molecule has 1 fully saturated rings. The van der Waals surface area contributed by atoms with Crippen LogP contribution < -0.4 is 5.32 Å². The quantitative estimate of drug-likeness (QED) is 0.598. The largest absolute Gasteiger partial charge is 0.451 e. The summed E-state index contributed by atoms with van der Waals surface area (Å²) in [7, 11) is 1.48. The Morgan fingerprint density at radius 1 is 1.26 bits per heavy atom. The molecule has 0 atom stereocenters. The number of para-hydroxylation sites is 1. The van der Waals surface area contributed by atoms with Crippen LogP contribution in [0.1, 0.15) is 18.7 Å². The maximum absolute atomic E-state index is 13.0. The minimum atomic E-state index is -4.68. The van der Waals surface area contributed by atoms with Gasteiger partial charge in [-0.2, -0.15) is 13.2 Å². The highest BCUT2D eigenvalue weighted by atomic mass is 32.2. The van der Waals surface area contributed by atoms with E-state index in [0.29, 0.717) is 5.39 Å². The second-order valence-electron chi connectivity index (χ2n) is 6.25. The number of hydrogen-bond donors (Lipinski definition) is 1. The van der Waals surface area contributed by atoms with Gasteiger partial charge in [0, 0.05) is 18.5 Å². The number of alkyl halides is 3. The number of carbonyl (C=O) groups is 2.